The molecule has 1 heterocycles. The van der Waals surface area contributed by atoms with Crippen molar-refractivity contribution in [1.29, 1.82) is 0 Å². The number of fused-ring (bicyclic) bond motifs is 1. The number of nitrogens with one attached hydrogen (secondary N) is 1. The molecule has 0 saturated carbocycles. The molecule has 1 aliphatic rings. The highest BCUT2D eigenvalue weighted by Crippen LogP contribution is 2.21. The van der Waals surface area contributed by atoms with Crippen LogP contribution in [-0.2, 0) is 9.53 Å². The number of imide groups is 1. The third-order valence-electron chi connectivity index (χ3n) is 4.46. The Morgan fingerprint density at radius 3 is 2.22 bits per heavy atom. The van der Waals surface area contributed by atoms with Gasteiger partial charge in [-0.3, -0.25) is 19.3 Å². The van der Waals surface area contributed by atoms with E-state index in [9.17, 15) is 14.4 Å². The maximum Gasteiger partial charge on any atom is 0.262 e. The van der Waals surface area contributed by atoms with Crippen molar-refractivity contribution in [3.63, 3.8) is 0 Å². The second kappa shape index (κ2) is 8.60. The number of benzene rings is 2. The summed E-state index contributed by atoms with van der Waals surface area (Å²) in [5, 5.41) is 2.73. The Hall–Kier alpha value is -2.99. The number of ether oxygens (including phenoxy) is 1. The van der Waals surface area contributed by atoms with Crippen molar-refractivity contribution in [3.8, 4) is 0 Å². The Kier molecular flexibility index (Phi) is 5.98. The summed E-state index contributed by atoms with van der Waals surface area (Å²) in [7, 11) is 0. The zero-order valence-corrected chi connectivity index (χ0v) is 15.2. The molecule has 2 aromatic rings. The molecule has 0 aromatic heterocycles. The van der Waals surface area contributed by atoms with Gasteiger partial charge in [0, 0.05) is 13.2 Å². The lowest BCUT2D eigenvalue weighted by molar-refractivity contribution is -0.121. The lowest BCUT2D eigenvalue weighted by atomic mass is 10.1. The molecule has 0 aliphatic carbocycles. The number of carbonyl (C=O) groups excluding carboxylic acids is 3. The fourth-order valence-corrected chi connectivity index (χ4v) is 2.96. The average Bonchev–Trinajstić information content (AvgIpc) is 2.93. The fourth-order valence-electron chi connectivity index (χ4n) is 2.96. The van der Waals surface area contributed by atoms with Gasteiger partial charge >= 0.3 is 0 Å². The van der Waals surface area contributed by atoms with Gasteiger partial charge < -0.3 is 10.1 Å². The quantitative estimate of drug-likeness (QED) is 0.575. The summed E-state index contributed by atoms with van der Waals surface area (Å²) in [5.74, 6) is -1.21. The van der Waals surface area contributed by atoms with Crippen LogP contribution in [0.5, 0.6) is 0 Å². The molecule has 6 nitrogen and oxygen atoms in total. The average molecular weight is 366 g/mol. The third-order valence-corrected chi connectivity index (χ3v) is 4.46. The molecule has 1 N–H and O–H groups in total. The first-order valence-corrected chi connectivity index (χ1v) is 8.96. The van der Waals surface area contributed by atoms with Gasteiger partial charge in [-0.25, -0.2) is 0 Å². The van der Waals surface area contributed by atoms with E-state index in [1.54, 1.807) is 24.3 Å². The van der Waals surface area contributed by atoms with Gasteiger partial charge in [0.1, 0.15) is 6.54 Å². The van der Waals surface area contributed by atoms with Gasteiger partial charge in [0.25, 0.3) is 11.8 Å². The van der Waals surface area contributed by atoms with Crippen LogP contribution in [0.15, 0.2) is 54.6 Å². The molecule has 6 heteroatoms. The molecule has 0 bridgehead atoms. The maximum atomic E-state index is 12.2. The molecule has 0 fully saturated rings. The molecule has 1 atom stereocenters. The minimum atomic E-state index is -0.425. The van der Waals surface area contributed by atoms with Crippen molar-refractivity contribution >= 4 is 17.7 Å². The van der Waals surface area contributed by atoms with Crippen LogP contribution in [0.25, 0.3) is 0 Å². The first-order chi connectivity index (χ1) is 13.1. The van der Waals surface area contributed by atoms with E-state index in [0.717, 1.165) is 10.5 Å². The van der Waals surface area contributed by atoms with Gasteiger partial charge in [0.15, 0.2) is 0 Å². The lowest BCUT2D eigenvalue weighted by Crippen LogP contribution is -2.40. The van der Waals surface area contributed by atoms with Gasteiger partial charge in [0.05, 0.1) is 17.2 Å². The zero-order chi connectivity index (χ0) is 19.2. The Bertz CT molecular complexity index is 800. The van der Waals surface area contributed by atoms with Gasteiger partial charge in [-0.1, -0.05) is 42.5 Å². The minimum absolute atomic E-state index is 0.0137. The van der Waals surface area contributed by atoms with Crippen molar-refractivity contribution in [3.05, 3.63) is 71.3 Å². The van der Waals surface area contributed by atoms with E-state index in [1.807, 2.05) is 37.3 Å². The van der Waals surface area contributed by atoms with Crippen molar-refractivity contribution < 1.29 is 19.1 Å². The number of rotatable bonds is 8. The Labute approximate surface area is 158 Å². The number of hydrogen-bond donors (Lipinski definition) is 1. The highest BCUT2D eigenvalue weighted by Gasteiger charge is 2.36. The first-order valence-electron chi connectivity index (χ1n) is 8.96. The van der Waals surface area contributed by atoms with Gasteiger partial charge in [-0.05, 0) is 31.0 Å². The summed E-state index contributed by atoms with van der Waals surface area (Å²) >= 11 is 0. The second-order valence-corrected chi connectivity index (χ2v) is 6.37. The summed E-state index contributed by atoms with van der Waals surface area (Å²) in [4.78, 5) is 37.5. The smallest absolute Gasteiger partial charge is 0.262 e. The van der Waals surface area contributed by atoms with Gasteiger partial charge in [0.2, 0.25) is 5.91 Å². The molecule has 3 amide bonds. The molecule has 2 aromatic carbocycles. The van der Waals surface area contributed by atoms with E-state index in [1.165, 1.54) is 0 Å². The van der Waals surface area contributed by atoms with Crippen LogP contribution < -0.4 is 5.32 Å². The van der Waals surface area contributed by atoms with Crippen molar-refractivity contribution in [2.75, 3.05) is 19.7 Å². The van der Waals surface area contributed by atoms with Crippen LogP contribution in [0.1, 0.15) is 45.7 Å². The van der Waals surface area contributed by atoms with Crippen molar-refractivity contribution in [2.24, 2.45) is 0 Å². The van der Waals surface area contributed by atoms with E-state index in [4.69, 9.17) is 4.74 Å². The number of carbonyl (C=O) groups is 3. The summed E-state index contributed by atoms with van der Waals surface area (Å²) in [6, 6.07) is 16.5. The highest BCUT2D eigenvalue weighted by molar-refractivity contribution is 6.22. The zero-order valence-electron chi connectivity index (χ0n) is 15.2. The monoisotopic (exact) mass is 366 g/mol. The molecule has 140 valence electrons. The summed E-state index contributed by atoms with van der Waals surface area (Å²) in [6.07, 6.45) is 0.630. The lowest BCUT2D eigenvalue weighted by Gasteiger charge is -2.15. The highest BCUT2D eigenvalue weighted by atomic mass is 16.5. The van der Waals surface area contributed by atoms with E-state index >= 15 is 0 Å². The molecule has 0 unspecified atom stereocenters. The first kappa shape index (κ1) is 18.8. The molecule has 27 heavy (non-hydrogen) atoms. The fraction of sp³-hybridized carbons (Fsp3) is 0.286. The van der Waals surface area contributed by atoms with Gasteiger partial charge in [-0.2, -0.15) is 0 Å². The molecular formula is C21H22N2O4. The van der Waals surface area contributed by atoms with Crippen LogP contribution in [0.4, 0.5) is 0 Å². The van der Waals surface area contributed by atoms with Crippen molar-refractivity contribution in [2.45, 2.75) is 19.4 Å². The topological polar surface area (TPSA) is 75.7 Å². The van der Waals surface area contributed by atoms with Crippen LogP contribution in [0.3, 0.4) is 0 Å². The van der Waals surface area contributed by atoms with Crippen LogP contribution in [0.2, 0.25) is 0 Å². The molecule has 1 aliphatic heterocycles. The SMILES string of the molecule is C[C@@H](OCCCNC(=O)CN1C(=O)c2ccccc2C1=O)c1ccccc1. The van der Waals surface area contributed by atoms with E-state index in [0.29, 0.717) is 30.7 Å². The summed E-state index contributed by atoms with van der Waals surface area (Å²) < 4.78 is 5.75. The maximum absolute atomic E-state index is 12.2. The third kappa shape index (κ3) is 4.41. The Morgan fingerprint density at radius 2 is 1.59 bits per heavy atom. The predicted octanol–water partition coefficient (Wildman–Crippen LogP) is 2.57. The molecule has 3 rings (SSSR count). The Balaban J connectivity index is 1.38. The van der Waals surface area contributed by atoms with E-state index in [2.05, 4.69) is 5.32 Å². The van der Waals surface area contributed by atoms with Gasteiger partial charge in [-0.15, -0.1) is 0 Å². The van der Waals surface area contributed by atoms with E-state index < -0.39 is 11.8 Å². The Morgan fingerprint density at radius 1 is 1.00 bits per heavy atom. The number of nitrogens with zero attached hydrogens (tertiary/aromatic N) is 1. The summed E-state index contributed by atoms with van der Waals surface area (Å²) in [6.45, 7) is 2.64. The normalized spacial score (nSPS) is 14.2. The van der Waals surface area contributed by atoms with Crippen LogP contribution >= 0.6 is 0 Å². The van der Waals surface area contributed by atoms with Crippen molar-refractivity contribution in [1.82, 2.24) is 10.2 Å². The molecule has 0 spiro atoms. The largest absolute Gasteiger partial charge is 0.374 e. The molecule has 0 radical (unpaired) electrons. The van der Waals surface area contributed by atoms with Crippen LogP contribution in [0, 0.1) is 0 Å². The summed E-state index contributed by atoms with van der Waals surface area (Å²) in [5.41, 5.74) is 1.80. The van der Waals surface area contributed by atoms with E-state index in [-0.39, 0.29) is 18.6 Å². The predicted molar refractivity (Wildman–Crippen MR) is 100 cm³/mol. The number of amides is 3. The standard InChI is InChI=1S/C21H22N2O4/c1-15(16-8-3-2-4-9-16)27-13-7-12-22-19(24)14-23-20(25)17-10-5-6-11-18(17)21(23)26/h2-6,8-11,15H,7,12-14H2,1H3,(H,22,24)/t15-/m1/s1. The second-order valence-electron chi connectivity index (χ2n) is 6.37. The molecule has 0 saturated heterocycles. The molecular weight excluding hydrogens is 344 g/mol. The minimum Gasteiger partial charge on any atom is -0.374 e. The van der Waals surface area contributed by atoms with Crippen LogP contribution in [-0.4, -0.2) is 42.3 Å². The number of hydrogen-bond acceptors (Lipinski definition) is 4.